The van der Waals surface area contributed by atoms with E-state index < -0.39 is 4.92 Å². The quantitative estimate of drug-likeness (QED) is 0.450. The summed E-state index contributed by atoms with van der Waals surface area (Å²) in [6, 6.07) is 2.97. The van der Waals surface area contributed by atoms with Crippen LogP contribution < -0.4 is 0 Å². The highest BCUT2D eigenvalue weighted by Crippen LogP contribution is 2.35. The van der Waals surface area contributed by atoms with Gasteiger partial charge in [-0.2, -0.15) is 0 Å². The second-order valence-electron chi connectivity index (χ2n) is 2.26. The molecule has 0 N–H and O–H groups in total. The van der Waals surface area contributed by atoms with Gasteiger partial charge in [-0.3, -0.25) is 10.1 Å². The lowest BCUT2D eigenvalue weighted by Gasteiger charge is -2.01. The number of halogens is 3. The largest absolute Gasteiger partial charge is 0.293 e. The molecular weight excluding hydrogens is 236 g/mol. The molecule has 6 heteroatoms. The van der Waals surface area contributed by atoms with Crippen LogP contribution in [0.4, 0.5) is 5.69 Å². The van der Waals surface area contributed by atoms with E-state index in [1.54, 1.807) is 0 Å². The van der Waals surface area contributed by atoms with Crippen molar-refractivity contribution < 1.29 is 4.92 Å². The van der Waals surface area contributed by atoms with Crippen LogP contribution in [0.5, 0.6) is 0 Å². The van der Waals surface area contributed by atoms with Crippen molar-refractivity contribution in [3.05, 3.63) is 37.9 Å². The van der Waals surface area contributed by atoms with Crippen molar-refractivity contribution in [2.45, 2.75) is 5.88 Å². The fourth-order valence-electron chi connectivity index (χ4n) is 0.885. The molecule has 0 spiro atoms. The highest BCUT2D eigenvalue weighted by molar-refractivity contribution is 6.43. The molecule has 0 heterocycles. The van der Waals surface area contributed by atoms with Crippen molar-refractivity contribution in [1.29, 1.82) is 0 Å². The van der Waals surface area contributed by atoms with Crippen molar-refractivity contribution in [2.24, 2.45) is 0 Å². The van der Waals surface area contributed by atoms with Crippen LogP contribution in [-0.4, -0.2) is 4.92 Å². The summed E-state index contributed by atoms with van der Waals surface area (Å²) in [6.45, 7) is 0. The normalized spacial score (nSPS) is 10.1. The van der Waals surface area contributed by atoms with Crippen LogP contribution in [-0.2, 0) is 5.88 Å². The molecular formula is C7H4Cl3NO2. The number of benzene rings is 1. The van der Waals surface area contributed by atoms with E-state index in [4.69, 9.17) is 34.8 Å². The summed E-state index contributed by atoms with van der Waals surface area (Å²) in [5, 5.41) is 10.6. The Morgan fingerprint density at radius 1 is 1.38 bits per heavy atom. The van der Waals surface area contributed by atoms with Crippen molar-refractivity contribution in [1.82, 2.24) is 0 Å². The number of hydrogen-bond acceptors (Lipinski definition) is 2. The van der Waals surface area contributed by atoms with E-state index >= 15 is 0 Å². The van der Waals surface area contributed by atoms with Gasteiger partial charge in [0.2, 0.25) is 0 Å². The minimum absolute atomic E-state index is 0.0349. The SMILES string of the molecule is O=[N+]([O-])c1c(CCl)ccc(Cl)c1Cl. The zero-order valence-electron chi connectivity index (χ0n) is 6.26. The minimum atomic E-state index is -0.591. The molecule has 3 nitrogen and oxygen atoms in total. The molecule has 0 saturated carbocycles. The average molecular weight is 240 g/mol. The van der Waals surface area contributed by atoms with Crippen LogP contribution in [0.1, 0.15) is 5.56 Å². The van der Waals surface area contributed by atoms with E-state index in [0.29, 0.717) is 5.56 Å². The smallest absolute Gasteiger partial charge is 0.258 e. The van der Waals surface area contributed by atoms with Crippen LogP contribution >= 0.6 is 34.8 Å². The van der Waals surface area contributed by atoms with E-state index in [9.17, 15) is 10.1 Å². The molecule has 1 aromatic carbocycles. The minimum Gasteiger partial charge on any atom is -0.258 e. The number of nitrogens with zero attached hydrogens (tertiary/aromatic N) is 1. The maximum absolute atomic E-state index is 10.6. The predicted octanol–water partition coefficient (Wildman–Crippen LogP) is 3.64. The predicted molar refractivity (Wildman–Crippen MR) is 52.7 cm³/mol. The first-order valence-corrected chi connectivity index (χ1v) is 4.54. The summed E-state index contributed by atoms with van der Waals surface area (Å²) in [7, 11) is 0. The van der Waals surface area contributed by atoms with Gasteiger partial charge in [-0.25, -0.2) is 0 Å². The van der Waals surface area contributed by atoms with E-state index in [0.717, 1.165) is 0 Å². The summed E-state index contributed by atoms with van der Waals surface area (Å²) in [5.74, 6) is 0.0349. The lowest BCUT2D eigenvalue weighted by Crippen LogP contribution is -1.94. The van der Waals surface area contributed by atoms with Gasteiger partial charge in [-0.1, -0.05) is 23.2 Å². The molecule has 0 fully saturated rings. The number of hydrogen-bond donors (Lipinski definition) is 0. The molecule has 1 rings (SSSR count). The summed E-state index contributed by atoms with van der Waals surface area (Å²) in [5.41, 5.74) is 0.144. The second kappa shape index (κ2) is 4.13. The molecule has 70 valence electrons. The monoisotopic (exact) mass is 239 g/mol. The van der Waals surface area contributed by atoms with Crippen molar-refractivity contribution >= 4 is 40.5 Å². The maximum atomic E-state index is 10.6. The summed E-state index contributed by atoms with van der Waals surface area (Å²) >= 11 is 16.7. The lowest BCUT2D eigenvalue weighted by molar-refractivity contribution is -0.385. The first kappa shape index (κ1) is 10.6. The van der Waals surface area contributed by atoms with Gasteiger partial charge in [-0.15, -0.1) is 11.6 Å². The number of nitro groups is 1. The van der Waals surface area contributed by atoms with Crippen LogP contribution in [0.15, 0.2) is 12.1 Å². The van der Waals surface area contributed by atoms with Gasteiger partial charge < -0.3 is 0 Å². The Morgan fingerprint density at radius 2 is 2.00 bits per heavy atom. The van der Waals surface area contributed by atoms with Crippen LogP contribution in [0, 0.1) is 10.1 Å². The highest BCUT2D eigenvalue weighted by atomic mass is 35.5. The maximum Gasteiger partial charge on any atom is 0.293 e. The second-order valence-corrected chi connectivity index (χ2v) is 3.31. The van der Waals surface area contributed by atoms with Gasteiger partial charge >= 0.3 is 0 Å². The Labute approximate surface area is 89.4 Å². The third kappa shape index (κ3) is 2.05. The standard InChI is InChI=1S/C7H4Cl3NO2/c8-3-4-1-2-5(9)6(10)7(4)11(12)13/h1-2H,3H2. The Morgan fingerprint density at radius 3 is 2.46 bits per heavy atom. The van der Waals surface area contributed by atoms with Gasteiger partial charge in [0.1, 0.15) is 5.02 Å². The molecule has 0 aromatic heterocycles. The fourth-order valence-corrected chi connectivity index (χ4v) is 1.51. The number of nitro benzene ring substituents is 1. The Balaban J connectivity index is 3.41. The molecule has 1 aromatic rings. The molecule has 0 aliphatic rings. The zero-order chi connectivity index (χ0) is 10.0. The van der Waals surface area contributed by atoms with Crippen LogP contribution in [0.25, 0.3) is 0 Å². The molecule has 0 atom stereocenters. The van der Waals surface area contributed by atoms with Gasteiger partial charge in [0.15, 0.2) is 0 Å². The van der Waals surface area contributed by atoms with E-state index in [1.807, 2.05) is 0 Å². The van der Waals surface area contributed by atoms with Crippen molar-refractivity contribution in [3.8, 4) is 0 Å². The highest BCUT2D eigenvalue weighted by Gasteiger charge is 2.20. The molecule has 13 heavy (non-hydrogen) atoms. The summed E-state index contributed by atoms with van der Waals surface area (Å²) in [4.78, 5) is 9.97. The molecule has 0 aliphatic heterocycles. The lowest BCUT2D eigenvalue weighted by atomic mass is 10.2. The topological polar surface area (TPSA) is 43.1 Å². The van der Waals surface area contributed by atoms with E-state index in [1.165, 1.54) is 12.1 Å². The molecule has 0 saturated heterocycles. The van der Waals surface area contributed by atoms with Crippen LogP contribution in [0.3, 0.4) is 0 Å². The van der Waals surface area contributed by atoms with Gasteiger partial charge in [0.25, 0.3) is 5.69 Å². The van der Waals surface area contributed by atoms with Crippen LogP contribution in [0.2, 0.25) is 10.0 Å². The molecule has 0 amide bonds. The van der Waals surface area contributed by atoms with Gasteiger partial charge in [0.05, 0.1) is 15.8 Å². The summed E-state index contributed by atoms with van der Waals surface area (Å²) < 4.78 is 0. The number of rotatable bonds is 2. The van der Waals surface area contributed by atoms with E-state index in [-0.39, 0.29) is 21.6 Å². The van der Waals surface area contributed by atoms with Crippen molar-refractivity contribution in [2.75, 3.05) is 0 Å². The third-order valence-corrected chi connectivity index (χ3v) is 2.56. The molecule has 0 bridgehead atoms. The average Bonchev–Trinajstić information content (AvgIpc) is 2.08. The molecule has 0 aliphatic carbocycles. The van der Waals surface area contributed by atoms with Gasteiger partial charge in [-0.05, 0) is 12.1 Å². The fraction of sp³-hybridized carbons (Fsp3) is 0.143. The Kier molecular flexibility index (Phi) is 3.36. The third-order valence-electron chi connectivity index (χ3n) is 1.48. The Hall–Kier alpha value is -0.510. The molecule has 0 radical (unpaired) electrons. The van der Waals surface area contributed by atoms with Gasteiger partial charge in [0, 0.05) is 5.56 Å². The first-order chi connectivity index (χ1) is 6.07. The van der Waals surface area contributed by atoms with E-state index in [2.05, 4.69) is 0 Å². The zero-order valence-corrected chi connectivity index (χ0v) is 8.53. The summed E-state index contributed by atoms with van der Waals surface area (Å²) in [6.07, 6.45) is 0. The number of alkyl halides is 1. The first-order valence-electron chi connectivity index (χ1n) is 3.25. The molecule has 0 unspecified atom stereocenters. The van der Waals surface area contributed by atoms with Crippen molar-refractivity contribution in [3.63, 3.8) is 0 Å². The Bertz CT molecular complexity index is 354.